The van der Waals surface area contributed by atoms with Gasteiger partial charge < -0.3 is 10.7 Å². The van der Waals surface area contributed by atoms with Crippen LogP contribution in [0.3, 0.4) is 0 Å². The molecule has 0 bridgehead atoms. The van der Waals surface area contributed by atoms with Crippen molar-refractivity contribution >= 4 is 34.1 Å². The molecule has 0 aliphatic carbocycles. The molecule has 0 aliphatic rings. The van der Waals surface area contributed by atoms with Crippen molar-refractivity contribution in [1.82, 2.24) is 9.97 Å². The van der Waals surface area contributed by atoms with Gasteiger partial charge in [-0.1, -0.05) is 11.6 Å². The molecule has 3 aromatic rings. The van der Waals surface area contributed by atoms with Gasteiger partial charge in [0, 0.05) is 39.6 Å². The SMILES string of the molecule is Nc1ccc(Cl)cc1C(=O)c1c[nH]c2ncccc12. The second kappa shape index (κ2) is 4.40. The standard InChI is InChI=1S/C14H10ClN3O/c15-8-3-4-12(16)10(6-8)13(19)11-7-18-14-9(11)2-1-5-17-14/h1-7H,16H2,(H,17,18). The highest BCUT2D eigenvalue weighted by Crippen LogP contribution is 2.24. The zero-order valence-corrected chi connectivity index (χ0v) is 10.6. The number of ketones is 1. The number of rotatable bonds is 2. The number of aromatic amines is 1. The minimum absolute atomic E-state index is 0.167. The Labute approximate surface area is 114 Å². The van der Waals surface area contributed by atoms with Crippen molar-refractivity contribution in [3.63, 3.8) is 0 Å². The zero-order chi connectivity index (χ0) is 13.4. The van der Waals surface area contributed by atoms with E-state index in [-0.39, 0.29) is 5.78 Å². The van der Waals surface area contributed by atoms with Crippen LogP contribution in [-0.2, 0) is 0 Å². The summed E-state index contributed by atoms with van der Waals surface area (Å²) < 4.78 is 0. The first kappa shape index (κ1) is 11.7. The van der Waals surface area contributed by atoms with E-state index in [2.05, 4.69) is 9.97 Å². The number of carbonyl (C=O) groups excluding carboxylic acids is 1. The second-order valence-electron chi connectivity index (χ2n) is 4.16. The number of halogens is 1. The minimum Gasteiger partial charge on any atom is -0.398 e. The third-order valence-corrected chi connectivity index (χ3v) is 3.19. The van der Waals surface area contributed by atoms with Gasteiger partial charge in [0.2, 0.25) is 0 Å². The molecule has 0 saturated carbocycles. The van der Waals surface area contributed by atoms with Crippen molar-refractivity contribution in [1.29, 1.82) is 0 Å². The number of nitrogens with zero attached hydrogens (tertiary/aromatic N) is 1. The predicted octanol–water partition coefficient (Wildman–Crippen LogP) is 3.03. The monoisotopic (exact) mass is 271 g/mol. The van der Waals surface area contributed by atoms with Gasteiger partial charge in [0.1, 0.15) is 5.65 Å². The number of fused-ring (bicyclic) bond motifs is 1. The molecular weight excluding hydrogens is 262 g/mol. The van der Waals surface area contributed by atoms with Crippen LogP contribution in [0.15, 0.2) is 42.7 Å². The number of nitrogens with one attached hydrogen (secondary N) is 1. The van der Waals surface area contributed by atoms with Crippen LogP contribution in [0.25, 0.3) is 11.0 Å². The molecular formula is C14H10ClN3O. The molecule has 94 valence electrons. The molecule has 0 saturated heterocycles. The van der Waals surface area contributed by atoms with E-state index >= 15 is 0 Å². The van der Waals surface area contributed by atoms with Crippen LogP contribution in [0.4, 0.5) is 5.69 Å². The molecule has 0 amide bonds. The first-order valence-electron chi connectivity index (χ1n) is 5.68. The van der Waals surface area contributed by atoms with E-state index in [0.29, 0.717) is 27.5 Å². The van der Waals surface area contributed by atoms with E-state index in [1.165, 1.54) is 0 Å². The van der Waals surface area contributed by atoms with Gasteiger partial charge >= 0.3 is 0 Å². The number of benzene rings is 1. The van der Waals surface area contributed by atoms with Gasteiger partial charge in [0.15, 0.2) is 5.78 Å². The molecule has 4 nitrogen and oxygen atoms in total. The number of hydrogen-bond donors (Lipinski definition) is 2. The fraction of sp³-hybridized carbons (Fsp3) is 0. The van der Waals surface area contributed by atoms with Crippen molar-refractivity contribution in [2.24, 2.45) is 0 Å². The molecule has 0 spiro atoms. The number of aromatic nitrogens is 2. The number of carbonyl (C=O) groups is 1. The lowest BCUT2D eigenvalue weighted by atomic mass is 10.0. The van der Waals surface area contributed by atoms with Gasteiger partial charge in [0.25, 0.3) is 0 Å². The van der Waals surface area contributed by atoms with Crippen molar-refractivity contribution in [3.8, 4) is 0 Å². The van der Waals surface area contributed by atoms with Crippen LogP contribution < -0.4 is 5.73 Å². The van der Waals surface area contributed by atoms with E-state index in [0.717, 1.165) is 5.39 Å². The summed E-state index contributed by atoms with van der Waals surface area (Å²) in [5, 5.41) is 1.25. The van der Waals surface area contributed by atoms with Crippen molar-refractivity contribution in [2.45, 2.75) is 0 Å². The molecule has 0 aliphatic heterocycles. The van der Waals surface area contributed by atoms with Gasteiger partial charge in [-0.3, -0.25) is 4.79 Å². The maximum Gasteiger partial charge on any atom is 0.197 e. The number of nitrogen functional groups attached to an aromatic ring is 1. The third kappa shape index (κ3) is 1.96. The molecule has 0 fully saturated rings. The van der Waals surface area contributed by atoms with E-state index in [4.69, 9.17) is 17.3 Å². The lowest BCUT2D eigenvalue weighted by molar-refractivity contribution is 0.104. The molecule has 19 heavy (non-hydrogen) atoms. The quantitative estimate of drug-likeness (QED) is 0.556. The van der Waals surface area contributed by atoms with Gasteiger partial charge in [-0.15, -0.1) is 0 Å². The normalized spacial score (nSPS) is 10.8. The highest BCUT2D eigenvalue weighted by molar-refractivity contribution is 6.31. The second-order valence-corrected chi connectivity index (χ2v) is 4.60. The largest absolute Gasteiger partial charge is 0.398 e. The lowest BCUT2D eigenvalue weighted by Crippen LogP contribution is -2.04. The van der Waals surface area contributed by atoms with Crippen LogP contribution in [0.1, 0.15) is 15.9 Å². The van der Waals surface area contributed by atoms with Crippen LogP contribution >= 0.6 is 11.6 Å². The molecule has 0 radical (unpaired) electrons. The number of pyridine rings is 1. The summed E-state index contributed by atoms with van der Waals surface area (Å²) in [7, 11) is 0. The predicted molar refractivity (Wildman–Crippen MR) is 75.4 cm³/mol. The maximum absolute atomic E-state index is 12.5. The summed E-state index contributed by atoms with van der Waals surface area (Å²) >= 11 is 5.91. The molecule has 2 aromatic heterocycles. The minimum atomic E-state index is -0.167. The van der Waals surface area contributed by atoms with Gasteiger partial charge in [0.05, 0.1) is 0 Å². The maximum atomic E-state index is 12.5. The van der Waals surface area contributed by atoms with Gasteiger partial charge in [-0.25, -0.2) is 4.98 Å². The fourth-order valence-electron chi connectivity index (χ4n) is 2.01. The number of nitrogens with two attached hydrogens (primary N) is 1. The van der Waals surface area contributed by atoms with Gasteiger partial charge in [-0.05, 0) is 30.3 Å². The van der Waals surface area contributed by atoms with Crippen LogP contribution in [0, 0.1) is 0 Å². The Morgan fingerprint density at radius 3 is 2.95 bits per heavy atom. The summed E-state index contributed by atoms with van der Waals surface area (Å²) in [6.45, 7) is 0. The van der Waals surface area contributed by atoms with E-state index in [9.17, 15) is 4.79 Å². The Bertz CT molecular complexity index is 779. The number of hydrogen-bond acceptors (Lipinski definition) is 3. The lowest BCUT2D eigenvalue weighted by Gasteiger charge is -2.04. The van der Waals surface area contributed by atoms with E-state index in [1.807, 2.05) is 6.07 Å². The molecule has 3 rings (SSSR count). The summed E-state index contributed by atoms with van der Waals surface area (Å²) in [6, 6.07) is 8.49. The Morgan fingerprint density at radius 2 is 2.11 bits per heavy atom. The van der Waals surface area contributed by atoms with Crippen molar-refractivity contribution < 1.29 is 4.79 Å². The molecule has 2 heterocycles. The van der Waals surface area contributed by atoms with Crippen LogP contribution in [-0.4, -0.2) is 15.8 Å². The Morgan fingerprint density at radius 1 is 1.26 bits per heavy atom. The third-order valence-electron chi connectivity index (χ3n) is 2.96. The van der Waals surface area contributed by atoms with Gasteiger partial charge in [-0.2, -0.15) is 0 Å². The summed E-state index contributed by atoms with van der Waals surface area (Å²) in [5.74, 6) is -0.167. The Hall–Kier alpha value is -2.33. The molecule has 0 unspecified atom stereocenters. The van der Waals surface area contributed by atoms with Crippen LogP contribution in [0.5, 0.6) is 0 Å². The summed E-state index contributed by atoms with van der Waals surface area (Å²) in [6.07, 6.45) is 3.31. The smallest absolute Gasteiger partial charge is 0.197 e. The molecule has 0 atom stereocenters. The van der Waals surface area contributed by atoms with E-state index < -0.39 is 0 Å². The zero-order valence-electron chi connectivity index (χ0n) is 9.85. The van der Waals surface area contributed by atoms with Crippen molar-refractivity contribution in [3.05, 3.63) is 58.9 Å². The first-order valence-corrected chi connectivity index (χ1v) is 6.06. The van der Waals surface area contributed by atoms with Crippen LogP contribution in [0.2, 0.25) is 5.02 Å². The average molecular weight is 272 g/mol. The molecule has 3 N–H and O–H groups in total. The Kier molecular flexibility index (Phi) is 2.72. The van der Waals surface area contributed by atoms with Crippen molar-refractivity contribution in [2.75, 3.05) is 5.73 Å². The highest BCUT2D eigenvalue weighted by Gasteiger charge is 2.17. The summed E-state index contributed by atoms with van der Waals surface area (Å²) in [5.41, 5.74) is 7.86. The average Bonchev–Trinajstić information content (AvgIpc) is 2.84. The number of H-pyrrole nitrogens is 1. The number of anilines is 1. The molecule has 5 heteroatoms. The van der Waals surface area contributed by atoms with E-state index in [1.54, 1.807) is 36.7 Å². The fourth-order valence-corrected chi connectivity index (χ4v) is 2.19. The Balaban J connectivity index is 2.16. The first-order chi connectivity index (χ1) is 9.16. The summed E-state index contributed by atoms with van der Waals surface area (Å²) in [4.78, 5) is 19.6. The molecule has 1 aromatic carbocycles. The highest BCUT2D eigenvalue weighted by atomic mass is 35.5. The topological polar surface area (TPSA) is 71.8 Å².